The third kappa shape index (κ3) is 5.94. The molecule has 0 radical (unpaired) electrons. The van der Waals surface area contributed by atoms with Gasteiger partial charge >= 0.3 is 5.97 Å². The first kappa shape index (κ1) is 22.1. The van der Waals surface area contributed by atoms with E-state index < -0.39 is 0 Å². The van der Waals surface area contributed by atoms with Crippen LogP contribution >= 0.6 is 0 Å². The van der Waals surface area contributed by atoms with Gasteiger partial charge in [-0.1, -0.05) is 5.16 Å². The summed E-state index contributed by atoms with van der Waals surface area (Å²) >= 11 is 0. The molecule has 2 heterocycles. The molecular weight excluding hydrogens is 402 g/mol. The summed E-state index contributed by atoms with van der Waals surface area (Å²) in [4.78, 5) is 20.4. The zero-order chi connectivity index (χ0) is 22.1. The number of ether oxygens (including phenoxy) is 4. The van der Waals surface area contributed by atoms with Crippen LogP contribution in [0.5, 0.6) is 17.2 Å². The van der Waals surface area contributed by atoms with Gasteiger partial charge in [-0.05, 0) is 42.7 Å². The van der Waals surface area contributed by atoms with Crippen LogP contribution < -0.4 is 14.2 Å². The van der Waals surface area contributed by atoms with E-state index in [1.54, 1.807) is 33.7 Å². The summed E-state index contributed by atoms with van der Waals surface area (Å²) in [6.45, 7) is 0.276. The molecule has 1 aromatic carbocycles. The van der Waals surface area contributed by atoms with Crippen LogP contribution in [-0.2, 0) is 22.4 Å². The van der Waals surface area contributed by atoms with Crippen LogP contribution in [0, 0.1) is 0 Å². The van der Waals surface area contributed by atoms with Crippen molar-refractivity contribution < 1.29 is 28.3 Å². The Hall–Kier alpha value is -3.62. The van der Waals surface area contributed by atoms with Crippen LogP contribution in [0.25, 0.3) is 11.4 Å². The van der Waals surface area contributed by atoms with E-state index in [0.717, 1.165) is 11.1 Å². The second-order valence-corrected chi connectivity index (χ2v) is 6.61. The predicted molar refractivity (Wildman–Crippen MR) is 111 cm³/mol. The standard InChI is InChI=1S/C22H25N3O6/c1-27-17-12-15(13-18(28-2)21(17)29-3)8-9-20(26)30-11-5-7-19-24-22(25-31-19)16-6-4-10-23-14-16/h4,6,10,12-14H,5,7-9,11H2,1-3H3. The van der Waals surface area contributed by atoms with Gasteiger partial charge < -0.3 is 23.5 Å². The van der Waals surface area contributed by atoms with Crippen molar-refractivity contribution in [3.05, 3.63) is 48.1 Å². The third-order valence-electron chi connectivity index (χ3n) is 4.53. The molecule has 3 aromatic rings. The van der Waals surface area contributed by atoms with E-state index in [1.807, 2.05) is 24.3 Å². The Morgan fingerprint density at radius 1 is 1.06 bits per heavy atom. The average Bonchev–Trinajstić information content (AvgIpc) is 3.29. The van der Waals surface area contributed by atoms with Crippen molar-refractivity contribution in [2.24, 2.45) is 0 Å². The molecule has 9 heteroatoms. The number of carbonyl (C=O) groups is 1. The highest BCUT2D eigenvalue weighted by molar-refractivity contribution is 5.70. The second-order valence-electron chi connectivity index (χ2n) is 6.61. The van der Waals surface area contributed by atoms with Gasteiger partial charge in [0.2, 0.25) is 17.5 Å². The van der Waals surface area contributed by atoms with Crippen molar-refractivity contribution in [1.82, 2.24) is 15.1 Å². The van der Waals surface area contributed by atoms with Gasteiger partial charge in [-0.2, -0.15) is 4.98 Å². The van der Waals surface area contributed by atoms with Crippen LogP contribution in [0.15, 0.2) is 41.2 Å². The Bertz CT molecular complexity index is 965. The molecule has 0 aliphatic rings. The summed E-state index contributed by atoms with van der Waals surface area (Å²) in [5.74, 6) is 2.32. The molecule has 0 fully saturated rings. The molecule has 2 aromatic heterocycles. The van der Waals surface area contributed by atoms with Crippen LogP contribution in [0.1, 0.15) is 24.3 Å². The number of hydrogen-bond acceptors (Lipinski definition) is 9. The molecule has 3 rings (SSSR count). The van der Waals surface area contributed by atoms with Crippen molar-refractivity contribution >= 4 is 5.97 Å². The first-order chi connectivity index (χ1) is 15.1. The summed E-state index contributed by atoms with van der Waals surface area (Å²) in [7, 11) is 4.66. The highest BCUT2D eigenvalue weighted by Crippen LogP contribution is 2.38. The first-order valence-electron chi connectivity index (χ1n) is 9.82. The smallest absolute Gasteiger partial charge is 0.306 e. The van der Waals surface area contributed by atoms with Gasteiger partial charge in [-0.3, -0.25) is 9.78 Å². The molecule has 31 heavy (non-hydrogen) atoms. The number of pyridine rings is 1. The number of rotatable bonds is 11. The third-order valence-corrected chi connectivity index (χ3v) is 4.53. The largest absolute Gasteiger partial charge is 0.493 e. The molecule has 0 unspecified atom stereocenters. The maximum absolute atomic E-state index is 12.1. The summed E-state index contributed by atoms with van der Waals surface area (Å²) in [6.07, 6.45) is 5.20. The van der Waals surface area contributed by atoms with Crippen LogP contribution in [0.3, 0.4) is 0 Å². The van der Waals surface area contributed by atoms with Crippen molar-refractivity contribution in [2.45, 2.75) is 25.7 Å². The van der Waals surface area contributed by atoms with Gasteiger partial charge in [-0.15, -0.1) is 0 Å². The first-order valence-corrected chi connectivity index (χ1v) is 9.82. The number of aromatic nitrogens is 3. The fourth-order valence-electron chi connectivity index (χ4n) is 2.98. The number of esters is 1. The van der Waals surface area contributed by atoms with Crippen LogP contribution in [-0.4, -0.2) is 49.0 Å². The number of carbonyl (C=O) groups excluding carboxylic acids is 1. The van der Waals surface area contributed by atoms with Crippen molar-refractivity contribution in [2.75, 3.05) is 27.9 Å². The van der Waals surface area contributed by atoms with E-state index in [4.69, 9.17) is 23.5 Å². The van der Waals surface area contributed by atoms with E-state index >= 15 is 0 Å². The maximum atomic E-state index is 12.1. The van der Waals surface area contributed by atoms with E-state index in [-0.39, 0.29) is 19.0 Å². The minimum Gasteiger partial charge on any atom is -0.493 e. The quantitative estimate of drug-likeness (QED) is 0.337. The minimum atomic E-state index is -0.282. The van der Waals surface area contributed by atoms with Gasteiger partial charge in [0.1, 0.15) is 0 Å². The lowest BCUT2D eigenvalue weighted by Gasteiger charge is -2.14. The zero-order valence-electron chi connectivity index (χ0n) is 17.8. The van der Waals surface area contributed by atoms with E-state index in [2.05, 4.69) is 15.1 Å². The molecular formula is C22H25N3O6. The van der Waals surface area contributed by atoms with E-state index in [0.29, 0.717) is 48.2 Å². The number of benzene rings is 1. The van der Waals surface area contributed by atoms with Crippen molar-refractivity contribution in [3.63, 3.8) is 0 Å². The Kier molecular flexibility index (Phi) is 7.80. The fraction of sp³-hybridized carbons (Fsp3) is 0.364. The van der Waals surface area contributed by atoms with E-state index in [9.17, 15) is 4.79 Å². The van der Waals surface area contributed by atoms with Gasteiger partial charge in [0.25, 0.3) is 0 Å². The number of nitrogens with zero attached hydrogens (tertiary/aromatic N) is 3. The molecule has 0 amide bonds. The monoisotopic (exact) mass is 427 g/mol. The topological polar surface area (TPSA) is 106 Å². The molecule has 0 aliphatic heterocycles. The van der Waals surface area contributed by atoms with Gasteiger partial charge in [0.05, 0.1) is 27.9 Å². The van der Waals surface area contributed by atoms with Gasteiger partial charge in [0.15, 0.2) is 11.5 Å². The van der Waals surface area contributed by atoms with Crippen molar-refractivity contribution in [1.29, 1.82) is 0 Å². The zero-order valence-corrected chi connectivity index (χ0v) is 17.8. The Labute approximate surface area is 180 Å². The number of aryl methyl sites for hydroxylation is 2. The Morgan fingerprint density at radius 2 is 1.84 bits per heavy atom. The maximum Gasteiger partial charge on any atom is 0.306 e. The highest BCUT2D eigenvalue weighted by Gasteiger charge is 2.14. The molecule has 164 valence electrons. The predicted octanol–water partition coefficient (Wildman–Crippen LogP) is 3.27. The molecule has 0 saturated heterocycles. The molecule has 0 bridgehead atoms. The number of methoxy groups -OCH3 is 3. The summed E-state index contributed by atoms with van der Waals surface area (Å²) in [6, 6.07) is 7.31. The highest BCUT2D eigenvalue weighted by atomic mass is 16.5. The molecule has 0 N–H and O–H groups in total. The minimum absolute atomic E-state index is 0.240. The van der Waals surface area contributed by atoms with E-state index in [1.165, 1.54) is 0 Å². The fourth-order valence-corrected chi connectivity index (χ4v) is 2.98. The molecule has 9 nitrogen and oxygen atoms in total. The number of hydrogen-bond donors (Lipinski definition) is 0. The second kappa shape index (κ2) is 11.0. The lowest BCUT2D eigenvalue weighted by Crippen LogP contribution is -2.08. The van der Waals surface area contributed by atoms with Crippen LogP contribution in [0.2, 0.25) is 0 Å². The summed E-state index contributed by atoms with van der Waals surface area (Å²) in [5, 5.41) is 3.94. The normalized spacial score (nSPS) is 10.5. The summed E-state index contributed by atoms with van der Waals surface area (Å²) in [5.41, 5.74) is 1.68. The van der Waals surface area contributed by atoms with Gasteiger partial charge in [-0.25, -0.2) is 0 Å². The average molecular weight is 427 g/mol. The van der Waals surface area contributed by atoms with Crippen molar-refractivity contribution in [3.8, 4) is 28.6 Å². The molecule has 0 atom stereocenters. The Balaban J connectivity index is 1.42. The molecule has 0 aliphatic carbocycles. The summed E-state index contributed by atoms with van der Waals surface area (Å²) < 4.78 is 26.5. The van der Waals surface area contributed by atoms with Gasteiger partial charge in [0, 0.05) is 30.8 Å². The molecule has 0 spiro atoms. The molecule has 0 saturated carbocycles. The Morgan fingerprint density at radius 3 is 2.48 bits per heavy atom. The van der Waals surface area contributed by atoms with Crippen LogP contribution in [0.4, 0.5) is 0 Å². The SMILES string of the molecule is COc1cc(CCC(=O)OCCCc2nc(-c3cccnc3)no2)cc(OC)c1OC. The lowest BCUT2D eigenvalue weighted by molar-refractivity contribution is -0.143. The lowest BCUT2D eigenvalue weighted by atomic mass is 10.1.